The van der Waals surface area contributed by atoms with E-state index in [1.807, 2.05) is 0 Å². The first kappa shape index (κ1) is 12.5. The molecule has 2 heterocycles. The maximum absolute atomic E-state index is 5.28. The first-order valence-electron chi connectivity index (χ1n) is 6.07. The average molecular weight is 239 g/mol. The molecule has 1 saturated heterocycles. The summed E-state index contributed by atoms with van der Waals surface area (Å²) in [5.74, 6) is 1.31. The van der Waals surface area contributed by atoms with Crippen LogP contribution in [0.3, 0.4) is 0 Å². The highest BCUT2D eigenvalue weighted by Crippen LogP contribution is 2.33. The van der Waals surface area contributed by atoms with Crippen molar-refractivity contribution in [3.8, 4) is 0 Å². The molecule has 0 saturated carbocycles. The number of hydrogen-bond acceptors (Lipinski definition) is 5. The Morgan fingerprint density at radius 2 is 2.29 bits per heavy atom. The second kappa shape index (κ2) is 4.74. The van der Waals surface area contributed by atoms with Gasteiger partial charge in [-0.1, -0.05) is 19.0 Å². The van der Waals surface area contributed by atoms with Gasteiger partial charge in [-0.3, -0.25) is 4.90 Å². The third-order valence-corrected chi connectivity index (χ3v) is 3.37. The fourth-order valence-electron chi connectivity index (χ4n) is 2.27. The van der Waals surface area contributed by atoms with Crippen molar-refractivity contribution in [2.45, 2.75) is 39.8 Å². The second-order valence-electron chi connectivity index (χ2n) is 5.54. The lowest BCUT2D eigenvalue weighted by Crippen LogP contribution is -2.26. The summed E-state index contributed by atoms with van der Waals surface area (Å²) in [7, 11) is 1.63. The maximum atomic E-state index is 5.28. The quantitative estimate of drug-likeness (QED) is 0.804. The van der Waals surface area contributed by atoms with Crippen LogP contribution in [0.25, 0.3) is 0 Å². The standard InChI is InChI=1S/C12H21N3O2/c1-9(15-6-5-12(2,3)8-15)11-13-10(7-16-4)14-17-11/h9H,5-8H2,1-4H3/t9-/m1/s1. The Kier molecular flexibility index (Phi) is 3.49. The Bertz CT molecular complexity index is 376. The van der Waals surface area contributed by atoms with Crippen LogP contribution in [-0.2, 0) is 11.3 Å². The molecule has 1 aliphatic rings. The van der Waals surface area contributed by atoms with Gasteiger partial charge in [0.05, 0.1) is 6.04 Å². The minimum atomic E-state index is 0.190. The second-order valence-corrected chi connectivity index (χ2v) is 5.54. The van der Waals surface area contributed by atoms with Gasteiger partial charge in [0.25, 0.3) is 0 Å². The normalized spacial score (nSPS) is 21.9. The monoisotopic (exact) mass is 239 g/mol. The Morgan fingerprint density at radius 1 is 1.53 bits per heavy atom. The van der Waals surface area contributed by atoms with Crippen LogP contribution in [0.15, 0.2) is 4.52 Å². The molecule has 17 heavy (non-hydrogen) atoms. The lowest BCUT2D eigenvalue weighted by Gasteiger charge is -2.23. The largest absolute Gasteiger partial charge is 0.377 e. The summed E-state index contributed by atoms with van der Waals surface area (Å²) >= 11 is 0. The van der Waals surface area contributed by atoms with E-state index in [0.29, 0.717) is 23.7 Å². The number of hydrogen-bond donors (Lipinski definition) is 0. The Hall–Kier alpha value is -0.940. The smallest absolute Gasteiger partial charge is 0.243 e. The van der Waals surface area contributed by atoms with Crippen molar-refractivity contribution < 1.29 is 9.26 Å². The van der Waals surface area contributed by atoms with E-state index in [-0.39, 0.29) is 6.04 Å². The van der Waals surface area contributed by atoms with Gasteiger partial charge in [-0.05, 0) is 25.3 Å². The molecule has 0 bridgehead atoms. The molecule has 0 spiro atoms. The maximum Gasteiger partial charge on any atom is 0.243 e. The molecule has 0 aliphatic carbocycles. The Labute approximate surface area is 102 Å². The first-order valence-corrected chi connectivity index (χ1v) is 6.07. The number of methoxy groups -OCH3 is 1. The number of nitrogens with zero attached hydrogens (tertiary/aromatic N) is 3. The van der Waals surface area contributed by atoms with Crippen LogP contribution < -0.4 is 0 Å². The van der Waals surface area contributed by atoms with Gasteiger partial charge in [-0.25, -0.2) is 0 Å². The molecule has 96 valence electrons. The molecular formula is C12H21N3O2. The predicted octanol–water partition coefficient (Wildman–Crippen LogP) is 2.01. The van der Waals surface area contributed by atoms with Crippen molar-refractivity contribution in [2.75, 3.05) is 20.2 Å². The summed E-state index contributed by atoms with van der Waals surface area (Å²) < 4.78 is 10.3. The van der Waals surface area contributed by atoms with E-state index in [0.717, 1.165) is 13.1 Å². The van der Waals surface area contributed by atoms with Crippen molar-refractivity contribution in [2.24, 2.45) is 5.41 Å². The zero-order chi connectivity index (χ0) is 12.5. The van der Waals surface area contributed by atoms with Gasteiger partial charge in [-0.15, -0.1) is 0 Å². The molecular weight excluding hydrogens is 218 g/mol. The fraction of sp³-hybridized carbons (Fsp3) is 0.833. The summed E-state index contributed by atoms with van der Waals surface area (Å²) in [4.78, 5) is 6.74. The van der Waals surface area contributed by atoms with E-state index in [4.69, 9.17) is 9.26 Å². The molecule has 5 heteroatoms. The van der Waals surface area contributed by atoms with Gasteiger partial charge in [0, 0.05) is 13.7 Å². The van der Waals surface area contributed by atoms with Gasteiger partial charge in [0.2, 0.25) is 5.89 Å². The molecule has 0 aromatic carbocycles. The van der Waals surface area contributed by atoms with Crippen LogP contribution >= 0.6 is 0 Å². The van der Waals surface area contributed by atoms with Crippen molar-refractivity contribution in [3.63, 3.8) is 0 Å². The summed E-state index contributed by atoms with van der Waals surface area (Å²) in [6.07, 6.45) is 1.22. The summed E-state index contributed by atoms with van der Waals surface area (Å²) in [5.41, 5.74) is 0.393. The van der Waals surface area contributed by atoms with E-state index < -0.39 is 0 Å². The highest BCUT2D eigenvalue weighted by atomic mass is 16.5. The average Bonchev–Trinajstić information content (AvgIpc) is 2.85. The summed E-state index contributed by atoms with van der Waals surface area (Å²) in [6, 6.07) is 0.190. The zero-order valence-electron chi connectivity index (χ0n) is 11.1. The highest BCUT2D eigenvalue weighted by Gasteiger charge is 2.34. The van der Waals surface area contributed by atoms with Crippen molar-refractivity contribution in [1.29, 1.82) is 0 Å². The zero-order valence-corrected chi connectivity index (χ0v) is 11.1. The molecule has 1 aromatic heterocycles. The first-order chi connectivity index (χ1) is 8.02. The molecule has 5 nitrogen and oxygen atoms in total. The van der Waals surface area contributed by atoms with Gasteiger partial charge < -0.3 is 9.26 Å². The number of ether oxygens (including phenoxy) is 1. The minimum absolute atomic E-state index is 0.190. The third-order valence-electron chi connectivity index (χ3n) is 3.37. The Balaban J connectivity index is 2.01. The molecule has 0 N–H and O–H groups in total. The van der Waals surface area contributed by atoms with Crippen LogP contribution in [0.1, 0.15) is 44.9 Å². The van der Waals surface area contributed by atoms with Gasteiger partial charge in [-0.2, -0.15) is 4.98 Å². The minimum Gasteiger partial charge on any atom is -0.377 e. The van der Waals surface area contributed by atoms with Crippen molar-refractivity contribution in [3.05, 3.63) is 11.7 Å². The fourth-order valence-corrected chi connectivity index (χ4v) is 2.27. The number of likely N-dealkylation sites (tertiary alicyclic amines) is 1. The molecule has 1 aromatic rings. The van der Waals surface area contributed by atoms with Gasteiger partial charge >= 0.3 is 0 Å². The van der Waals surface area contributed by atoms with E-state index >= 15 is 0 Å². The molecule has 0 amide bonds. The molecule has 1 atom stereocenters. The van der Waals surface area contributed by atoms with E-state index in [1.165, 1.54) is 6.42 Å². The van der Waals surface area contributed by atoms with E-state index in [1.54, 1.807) is 7.11 Å². The van der Waals surface area contributed by atoms with Crippen molar-refractivity contribution >= 4 is 0 Å². The molecule has 0 radical (unpaired) electrons. The van der Waals surface area contributed by atoms with Crippen LogP contribution in [-0.4, -0.2) is 35.2 Å². The lowest BCUT2D eigenvalue weighted by atomic mass is 9.93. The summed E-state index contributed by atoms with van der Waals surface area (Å²) in [6.45, 7) is 9.29. The summed E-state index contributed by atoms with van der Waals surface area (Å²) in [5, 5.41) is 3.90. The molecule has 1 aliphatic heterocycles. The topological polar surface area (TPSA) is 51.4 Å². The van der Waals surface area contributed by atoms with Crippen LogP contribution in [0.4, 0.5) is 0 Å². The highest BCUT2D eigenvalue weighted by molar-refractivity contribution is 4.95. The lowest BCUT2D eigenvalue weighted by molar-refractivity contribution is 0.173. The van der Waals surface area contributed by atoms with E-state index in [2.05, 4.69) is 35.8 Å². The molecule has 0 unspecified atom stereocenters. The van der Waals surface area contributed by atoms with Crippen molar-refractivity contribution in [1.82, 2.24) is 15.0 Å². The SMILES string of the molecule is COCc1noc([C@@H](C)N2CCC(C)(C)C2)n1. The van der Waals surface area contributed by atoms with Crippen LogP contribution in [0.2, 0.25) is 0 Å². The van der Waals surface area contributed by atoms with Gasteiger partial charge in [0.15, 0.2) is 5.82 Å². The molecule has 2 rings (SSSR count). The number of aromatic nitrogens is 2. The van der Waals surface area contributed by atoms with Crippen LogP contribution in [0, 0.1) is 5.41 Å². The Morgan fingerprint density at radius 3 is 2.88 bits per heavy atom. The van der Waals surface area contributed by atoms with E-state index in [9.17, 15) is 0 Å². The van der Waals surface area contributed by atoms with Gasteiger partial charge in [0.1, 0.15) is 6.61 Å². The number of rotatable bonds is 4. The predicted molar refractivity (Wildman–Crippen MR) is 63.4 cm³/mol. The molecule has 1 fully saturated rings. The third kappa shape index (κ3) is 2.84. The van der Waals surface area contributed by atoms with Crippen LogP contribution in [0.5, 0.6) is 0 Å².